The molecular weight excluding hydrogens is 516 g/mol. The van der Waals surface area contributed by atoms with Gasteiger partial charge in [-0.3, -0.25) is 14.4 Å². The Labute approximate surface area is 214 Å². The Morgan fingerprint density at radius 3 is 2.60 bits per heavy atom. The molecule has 4 rings (SSSR count). The molecule has 190 valence electrons. The first-order valence-corrected chi connectivity index (χ1v) is 13.0. The number of carboxylic acid groups (broad SMARTS) is 1. The Morgan fingerprint density at radius 2 is 2.03 bits per heavy atom. The summed E-state index contributed by atoms with van der Waals surface area (Å²) in [6.45, 7) is 8.01. The molecule has 7 atom stereocenters. The molecule has 3 aliphatic heterocycles. The predicted molar refractivity (Wildman–Crippen MR) is 133 cm³/mol. The van der Waals surface area contributed by atoms with Gasteiger partial charge >= 0.3 is 5.97 Å². The third-order valence-electron chi connectivity index (χ3n) is 7.47. The number of fused-ring (bicyclic) bond motifs is 1. The number of rotatable bonds is 10. The van der Waals surface area contributed by atoms with E-state index in [1.54, 1.807) is 11.0 Å². The summed E-state index contributed by atoms with van der Waals surface area (Å²) < 4.78 is 6.34. The van der Waals surface area contributed by atoms with Crippen LogP contribution in [0.4, 0.5) is 0 Å². The van der Waals surface area contributed by atoms with Gasteiger partial charge in [-0.25, -0.2) is 0 Å². The molecule has 9 heteroatoms. The molecule has 0 aromatic heterocycles. The van der Waals surface area contributed by atoms with Crippen molar-refractivity contribution >= 4 is 33.7 Å². The number of nitrogens with zero attached hydrogens (tertiary/aromatic N) is 2. The van der Waals surface area contributed by atoms with Gasteiger partial charge in [0.2, 0.25) is 11.8 Å². The number of aliphatic hydroxyl groups excluding tert-OH is 1. The van der Waals surface area contributed by atoms with E-state index in [0.29, 0.717) is 19.4 Å². The molecule has 3 unspecified atom stereocenters. The Hall–Kier alpha value is -2.23. The van der Waals surface area contributed by atoms with Gasteiger partial charge in [0.25, 0.3) is 0 Å². The molecule has 8 nitrogen and oxygen atoms in total. The molecule has 1 aromatic carbocycles. The molecule has 35 heavy (non-hydrogen) atoms. The Balaban J connectivity index is 1.79. The average molecular weight is 549 g/mol. The molecule has 1 aromatic rings. The van der Waals surface area contributed by atoms with Crippen molar-refractivity contribution in [2.24, 2.45) is 17.8 Å². The van der Waals surface area contributed by atoms with Gasteiger partial charge in [0.15, 0.2) is 0 Å². The lowest BCUT2D eigenvalue weighted by Gasteiger charge is -2.39. The van der Waals surface area contributed by atoms with E-state index in [2.05, 4.69) is 22.5 Å². The van der Waals surface area contributed by atoms with Crippen LogP contribution in [0.1, 0.15) is 32.3 Å². The molecule has 2 N–H and O–H groups in total. The van der Waals surface area contributed by atoms with Crippen LogP contribution >= 0.6 is 15.9 Å². The maximum absolute atomic E-state index is 14.3. The van der Waals surface area contributed by atoms with Crippen molar-refractivity contribution in [3.8, 4) is 0 Å². The molecule has 1 spiro atoms. The molecule has 3 fully saturated rings. The number of carbonyl (C=O) groups is 3. The van der Waals surface area contributed by atoms with Crippen LogP contribution in [-0.4, -0.2) is 79.6 Å². The number of hydrogen-bond donors (Lipinski definition) is 2. The van der Waals surface area contributed by atoms with E-state index >= 15 is 0 Å². The summed E-state index contributed by atoms with van der Waals surface area (Å²) in [6, 6.07) is 7.87. The molecule has 0 aliphatic carbocycles. The van der Waals surface area contributed by atoms with Gasteiger partial charge in [-0.2, -0.15) is 0 Å². The molecular formula is C26H33BrN2O6. The van der Waals surface area contributed by atoms with Crippen molar-refractivity contribution in [3.63, 3.8) is 0 Å². The van der Waals surface area contributed by atoms with Crippen LogP contribution in [0.3, 0.4) is 0 Å². The number of aliphatic carboxylic acids is 1. The van der Waals surface area contributed by atoms with E-state index in [4.69, 9.17) is 4.74 Å². The number of hydrogen-bond acceptors (Lipinski definition) is 5. The van der Waals surface area contributed by atoms with Crippen molar-refractivity contribution in [2.45, 2.75) is 61.8 Å². The zero-order valence-corrected chi connectivity index (χ0v) is 21.6. The number of amides is 2. The topological polar surface area (TPSA) is 107 Å². The third-order valence-corrected chi connectivity index (χ3v) is 8.32. The summed E-state index contributed by atoms with van der Waals surface area (Å²) in [5, 5.41) is 20.3. The summed E-state index contributed by atoms with van der Waals surface area (Å²) >= 11 is 3.56. The van der Waals surface area contributed by atoms with Crippen LogP contribution in [0.15, 0.2) is 43.0 Å². The van der Waals surface area contributed by atoms with Crippen LogP contribution in [0.2, 0.25) is 0 Å². The van der Waals surface area contributed by atoms with E-state index < -0.39 is 47.5 Å². The lowest BCUT2D eigenvalue weighted by Crippen LogP contribution is -2.59. The lowest BCUT2D eigenvalue weighted by molar-refractivity contribution is -0.153. The number of benzene rings is 1. The number of carbonyl (C=O) groups excluding carboxylic acids is 2. The van der Waals surface area contributed by atoms with Crippen LogP contribution in [0.25, 0.3) is 0 Å². The second-order valence-corrected chi connectivity index (χ2v) is 11.4. The zero-order valence-electron chi connectivity index (χ0n) is 20.0. The number of halogens is 1. The predicted octanol–water partition coefficient (Wildman–Crippen LogP) is 2.44. The minimum Gasteiger partial charge on any atom is -0.481 e. The fraction of sp³-hybridized carbons (Fsp3) is 0.577. The molecule has 2 amide bonds. The minimum atomic E-state index is -1.27. The number of carboxylic acids is 1. The first-order valence-electron chi connectivity index (χ1n) is 12.1. The monoisotopic (exact) mass is 548 g/mol. The molecule has 0 saturated carbocycles. The highest BCUT2D eigenvalue weighted by Gasteiger charge is 2.77. The van der Waals surface area contributed by atoms with E-state index in [9.17, 15) is 24.6 Å². The maximum atomic E-state index is 14.3. The number of likely N-dealkylation sites (tertiary alicyclic amines) is 1. The highest BCUT2D eigenvalue weighted by Crippen LogP contribution is 2.60. The Bertz CT molecular complexity index is 987. The highest BCUT2D eigenvalue weighted by molar-refractivity contribution is 9.09. The van der Waals surface area contributed by atoms with Crippen LogP contribution in [0.5, 0.6) is 0 Å². The summed E-state index contributed by atoms with van der Waals surface area (Å²) in [5.74, 6) is -3.73. The van der Waals surface area contributed by atoms with Gasteiger partial charge in [-0.1, -0.05) is 66.2 Å². The van der Waals surface area contributed by atoms with Crippen LogP contribution in [-0.2, 0) is 25.7 Å². The zero-order chi connectivity index (χ0) is 25.5. The SMILES string of the molecule is C=CCN(Cc1ccccc1)C(=O)C1N([C@@H](CO)CC(C)C)C(=O)[C@@H]2[C@@H](C(=O)O)[C@@H]3OC12CC3Br. The highest BCUT2D eigenvalue weighted by atomic mass is 79.9. The number of ether oxygens (including phenoxy) is 1. The number of alkyl halides is 1. The maximum Gasteiger partial charge on any atom is 0.310 e. The van der Waals surface area contributed by atoms with E-state index in [-0.39, 0.29) is 29.8 Å². The standard InChI is InChI=1S/C26H33BrN2O6/c1-4-10-28(13-16-8-6-5-7-9-16)24(32)22-26-12-18(27)21(35-26)19(25(33)34)20(26)23(31)29(22)17(14-30)11-15(2)3/h4-9,15,17-22,30H,1,10-14H2,2-3H3,(H,33,34)/t17-,18?,19-,20+,21-,22?,26?/m1/s1. The smallest absolute Gasteiger partial charge is 0.310 e. The van der Waals surface area contributed by atoms with E-state index in [1.165, 1.54) is 4.90 Å². The van der Waals surface area contributed by atoms with Crippen molar-refractivity contribution in [2.75, 3.05) is 13.2 Å². The lowest BCUT2D eigenvalue weighted by atomic mass is 9.70. The molecule has 2 bridgehead atoms. The first-order chi connectivity index (χ1) is 16.7. The molecule has 0 radical (unpaired) electrons. The second kappa shape index (κ2) is 10.0. The van der Waals surface area contributed by atoms with E-state index in [0.717, 1.165) is 5.56 Å². The van der Waals surface area contributed by atoms with Gasteiger partial charge < -0.3 is 24.7 Å². The number of aliphatic hydroxyl groups is 1. The molecule has 3 aliphatic rings. The molecule has 3 saturated heterocycles. The molecule has 3 heterocycles. The van der Waals surface area contributed by atoms with Gasteiger partial charge in [-0.05, 0) is 24.3 Å². The average Bonchev–Trinajstić information content (AvgIpc) is 3.41. The summed E-state index contributed by atoms with van der Waals surface area (Å²) in [4.78, 5) is 43.2. The fourth-order valence-electron chi connectivity index (χ4n) is 6.21. The minimum absolute atomic E-state index is 0.152. The Kier molecular flexibility index (Phi) is 7.41. The summed E-state index contributed by atoms with van der Waals surface area (Å²) in [7, 11) is 0. The largest absolute Gasteiger partial charge is 0.481 e. The normalized spacial score (nSPS) is 32.1. The summed E-state index contributed by atoms with van der Waals surface area (Å²) in [6.07, 6.45) is 1.76. The summed E-state index contributed by atoms with van der Waals surface area (Å²) in [5.41, 5.74) is -0.344. The second-order valence-electron chi connectivity index (χ2n) is 10.2. The van der Waals surface area contributed by atoms with Crippen LogP contribution < -0.4 is 0 Å². The fourth-order valence-corrected chi connectivity index (χ4v) is 7.15. The first kappa shape index (κ1) is 25.9. The van der Waals surface area contributed by atoms with Gasteiger partial charge in [0, 0.05) is 17.9 Å². The third kappa shape index (κ3) is 4.32. The van der Waals surface area contributed by atoms with Gasteiger partial charge in [0.1, 0.15) is 11.6 Å². The van der Waals surface area contributed by atoms with Gasteiger partial charge in [-0.15, -0.1) is 6.58 Å². The van der Waals surface area contributed by atoms with Gasteiger partial charge in [0.05, 0.1) is 30.6 Å². The van der Waals surface area contributed by atoms with Crippen molar-refractivity contribution in [3.05, 3.63) is 48.6 Å². The van der Waals surface area contributed by atoms with Crippen molar-refractivity contribution in [1.29, 1.82) is 0 Å². The van der Waals surface area contributed by atoms with Crippen molar-refractivity contribution < 1.29 is 29.3 Å². The van der Waals surface area contributed by atoms with E-state index in [1.807, 2.05) is 44.2 Å². The van der Waals surface area contributed by atoms with Crippen molar-refractivity contribution in [1.82, 2.24) is 9.80 Å². The quantitative estimate of drug-likeness (QED) is 0.343. The van der Waals surface area contributed by atoms with Crippen LogP contribution in [0, 0.1) is 17.8 Å². The Morgan fingerprint density at radius 1 is 1.34 bits per heavy atom.